The van der Waals surface area contributed by atoms with Crippen LogP contribution in [0, 0.1) is 0 Å². The van der Waals surface area contributed by atoms with Crippen molar-refractivity contribution in [3.8, 4) is 0 Å². The molecule has 1 unspecified atom stereocenters. The number of nitrogens with zero attached hydrogens (tertiary/aromatic N) is 2. The minimum atomic E-state index is -0.325. The topological polar surface area (TPSA) is 70.2 Å². The summed E-state index contributed by atoms with van der Waals surface area (Å²) in [7, 11) is 0. The second kappa shape index (κ2) is 7.66. The monoisotopic (exact) mass is 330 g/mol. The van der Waals surface area contributed by atoms with Crippen molar-refractivity contribution in [2.24, 2.45) is 0 Å². The van der Waals surface area contributed by atoms with Crippen LogP contribution < -0.4 is 5.32 Å². The first-order valence-electron chi connectivity index (χ1n) is 8.71. The van der Waals surface area contributed by atoms with Gasteiger partial charge < -0.3 is 10.1 Å². The zero-order valence-corrected chi connectivity index (χ0v) is 14.4. The van der Waals surface area contributed by atoms with Crippen LogP contribution in [0.1, 0.15) is 38.7 Å². The highest BCUT2D eigenvalue weighted by atomic mass is 16.5. The number of hydrogen-bond donors (Lipinski definition) is 2. The molecule has 1 aromatic carbocycles. The molecule has 1 fully saturated rings. The van der Waals surface area contributed by atoms with Crippen molar-refractivity contribution in [1.82, 2.24) is 20.4 Å². The summed E-state index contributed by atoms with van der Waals surface area (Å²) in [6, 6.07) is 6.78. The Kier molecular flexibility index (Phi) is 5.35. The molecule has 0 saturated carbocycles. The van der Waals surface area contributed by atoms with E-state index in [1.807, 2.05) is 20.0 Å². The molecule has 0 bridgehead atoms. The molecule has 2 N–H and O–H groups in total. The maximum Gasteiger partial charge on any atom is 0.407 e. The molecule has 1 saturated heterocycles. The lowest BCUT2D eigenvalue weighted by molar-refractivity contribution is 0.0632. The SMILES string of the molecule is CC(C)NC(=O)OCC1CCCCN1Cc1ccc2cn[nH]c2c1. The maximum absolute atomic E-state index is 11.7. The lowest BCUT2D eigenvalue weighted by atomic mass is 10.0. The molecule has 2 heterocycles. The number of piperidine rings is 1. The van der Waals surface area contributed by atoms with Crippen LogP contribution in [0.5, 0.6) is 0 Å². The van der Waals surface area contributed by atoms with Gasteiger partial charge in [0.1, 0.15) is 6.61 Å². The van der Waals surface area contributed by atoms with E-state index < -0.39 is 0 Å². The number of hydrogen-bond acceptors (Lipinski definition) is 4. The van der Waals surface area contributed by atoms with Crippen molar-refractivity contribution in [1.29, 1.82) is 0 Å². The van der Waals surface area contributed by atoms with Crippen molar-refractivity contribution in [2.75, 3.05) is 13.2 Å². The van der Waals surface area contributed by atoms with Gasteiger partial charge in [0.05, 0.1) is 11.7 Å². The number of likely N-dealkylation sites (tertiary alicyclic amines) is 1. The summed E-state index contributed by atoms with van der Waals surface area (Å²) in [4.78, 5) is 14.1. The second-order valence-electron chi connectivity index (χ2n) is 6.81. The molecule has 1 amide bonds. The molecule has 3 rings (SSSR count). The summed E-state index contributed by atoms with van der Waals surface area (Å²) in [5.74, 6) is 0. The van der Waals surface area contributed by atoms with E-state index in [4.69, 9.17) is 4.74 Å². The van der Waals surface area contributed by atoms with Crippen molar-refractivity contribution in [2.45, 2.75) is 51.7 Å². The summed E-state index contributed by atoms with van der Waals surface area (Å²) >= 11 is 0. The number of alkyl carbamates (subject to hydrolysis) is 1. The number of rotatable bonds is 5. The Bertz CT molecular complexity index is 682. The van der Waals surface area contributed by atoms with Gasteiger partial charge in [-0.1, -0.05) is 18.6 Å². The van der Waals surface area contributed by atoms with Crippen LogP contribution in [0.4, 0.5) is 4.79 Å². The fourth-order valence-corrected chi connectivity index (χ4v) is 3.22. The summed E-state index contributed by atoms with van der Waals surface area (Å²) in [5.41, 5.74) is 2.32. The number of nitrogens with one attached hydrogen (secondary N) is 2. The van der Waals surface area contributed by atoms with Gasteiger partial charge in [0.15, 0.2) is 0 Å². The summed E-state index contributed by atoms with van der Waals surface area (Å²) in [5, 5.41) is 11.0. The van der Waals surface area contributed by atoms with Gasteiger partial charge in [-0.05, 0) is 44.9 Å². The number of ether oxygens (including phenoxy) is 1. The average molecular weight is 330 g/mol. The third-order valence-corrected chi connectivity index (χ3v) is 4.45. The zero-order valence-electron chi connectivity index (χ0n) is 14.4. The van der Waals surface area contributed by atoms with E-state index in [1.54, 1.807) is 0 Å². The van der Waals surface area contributed by atoms with Gasteiger partial charge in [-0.3, -0.25) is 10.00 Å². The minimum Gasteiger partial charge on any atom is -0.448 e. The normalized spacial score (nSPS) is 18.9. The maximum atomic E-state index is 11.7. The largest absolute Gasteiger partial charge is 0.448 e. The number of fused-ring (bicyclic) bond motifs is 1. The Morgan fingerprint density at radius 3 is 3.17 bits per heavy atom. The van der Waals surface area contributed by atoms with Crippen LogP contribution >= 0.6 is 0 Å². The quantitative estimate of drug-likeness (QED) is 0.884. The Morgan fingerprint density at radius 2 is 2.33 bits per heavy atom. The van der Waals surface area contributed by atoms with E-state index >= 15 is 0 Å². The molecule has 24 heavy (non-hydrogen) atoms. The minimum absolute atomic E-state index is 0.0982. The third-order valence-electron chi connectivity index (χ3n) is 4.45. The Balaban J connectivity index is 1.60. The highest BCUT2D eigenvalue weighted by Gasteiger charge is 2.24. The van der Waals surface area contributed by atoms with E-state index in [-0.39, 0.29) is 18.2 Å². The number of carbonyl (C=O) groups is 1. The molecule has 130 valence electrons. The summed E-state index contributed by atoms with van der Waals surface area (Å²) in [6.07, 6.45) is 4.97. The highest BCUT2D eigenvalue weighted by molar-refractivity contribution is 5.78. The number of aromatic amines is 1. The number of benzene rings is 1. The molecular formula is C18H26N4O2. The van der Waals surface area contributed by atoms with Crippen molar-refractivity contribution in [3.63, 3.8) is 0 Å². The number of H-pyrrole nitrogens is 1. The summed E-state index contributed by atoms with van der Waals surface area (Å²) in [6.45, 7) is 6.22. The number of carbonyl (C=O) groups excluding carboxylic acids is 1. The zero-order chi connectivity index (χ0) is 16.9. The molecule has 0 aliphatic carbocycles. The molecule has 6 nitrogen and oxygen atoms in total. The van der Waals surface area contributed by atoms with Crippen LogP contribution in [0.2, 0.25) is 0 Å². The van der Waals surface area contributed by atoms with E-state index in [2.05, 4.69) is 38.6 Å². The van der Waals surface area contributed by atoms with Gasteiger partial charge in [-0.15, -0.1) is 0 Å². The van der Waals surface area contributed by atoms with Crippen LogP contribution in [0.25, 0.3) is 10.9 Å². The van der Waals surface area contributed by atoms with Gasteiger partial charge in [0.2, 0.25) is 0 Å². The standard InChI is InChI=1S/C18H26N4O2/c1-13(2)20-18(23)24-12-16-5-3-4-8-22(16)11-14-6-7-15-10-19-21-17(15)9-14/h6-7,9-10,13,16H,3-5,8,11-12H2,1-2H3,(H,19,21)(H,20,23). The van der Waals surface area contributed by atoms with Crippen LogP contribution in [-0.2, 0) is 11.3 Å². The van der Waals surface area contributed by atoms with Gasteiger partial charge in [-0.2, -0.15) is 5.10 Å². The lowest BCUT2D eigenvalue weighted by Gasteiger charge is -2.35. The second-order valence-corrected chi connectivity index (χ2v) is 6.81. The molecule has 1 aromatic heterocycles. The van der Waals surface area contributed by atoms with E-state index in [9.17, 15) is 4.79 Å². The molecule has 0 radical (unpaired) electrons. The molecule has 2 aromatic rings. The molecule has 0 spiro atoms. The van der Waals surface area contributed by atoms with Gasteiger partial charge in [-0.25, -0.2) is 4.79 Å². The van der Waals surface area contributed by atoms with Crippen molar-refractivity contribution < 1.29 is 9.53 Å². The average Bonchev–Trinajstić information content (AvgIpc) is 3.01. The fraction of sp³-hybridized carbons (Fsp3) is 0.556. The van der Waals surface area contributed by atoms with Crippen LogP contribution in [0.15, 0.2) is 24.4 Å². The highest BCUT2D eigenvalue weighted by Crippen LogP contribution is 2.21. The van der Waals surface area contributed by atoms with Gasteiger partial charge in [0, 0.05) is 24.0 Å². The predicted octanol–water partition coefficient (Wildman–Crippen LogP) is 3.05. The molecule has 1 atom stereocenters. The van der Waals surface area contributed by atoms with Crippen molar-refractivity contribution >= 4 is 17.0 Å². The first-order chi connectivity index (χ1) is 11.6. The van der Waals surface area contributed by atoms with Crippen LogP contribution in [-0.4, -0.2) is 46.4 Å². The first kappa shape index (κ1) is 16.8. The molecule has 1 aliphatic heterocycles. The van der Waals surface area contributed by atoms with E-state index in [0.29, 0.717) is 6.61 Å². The number of amides is 1. The molecular weight excluding hydrogens is 304 g/mol. The van der Waals surface area contributed by atoms with Gasteiger partial charge in [0.25, 0.3) is 0 Å². The summed E-state index contributed by atoms with van der Waals surface area (Å²) < 4.78 is 5.41. The van der Waals surface area contributed by atoms with E-state index in [1.165, 1.54) is 18.4 Å². The van der Waals surface area contributed by atoms with E-state index in [0.717, 1.165) is 30.4 Å². The van der Waals surface area contributed by atoms with Gasteiger partial charge >= 0.3 is 6.09 Å². The first-order valence-corrected chi connectivity index (χ1v) is 8.71. The third kappa shape index (κ3) is 4.26. The smallest absolute Gasteiger partial charge is 0.407 e. The Labute approximate surface area is 142 Å². The molecule has 1 aliphatic rings. The molecule has 6 heteroatoms. The van der Waals surface area contributed by atoms with Crippen LogP contribution in [0.3, 0.4) is 0 Å². The predicted molar refractivity (Wildman–Crippen MR) is 93.8 cm³/mol. The Hall–Kier alpha value is -2.08. The van der Waals surface area contributed by atoms with Crippen molar-refractivity contribution in [3.05, 3.63) is 30.0 Å². The Morgan fingerprint density at radius 1 is 1.46 bits per heavy atom. The lowest BCUT2D eigenvalue weighted by Crippen LogP contribution is -2.43. The fourth-order valence-electron chi connectivity index (χ4n) is 3.22. The number of aromatic nitrogens is 2.